The first-order valence-corrected chi connectivity index (χ1v) is 5.57. The van der Waals surface area contributed by atoms with Gasteiger partial charge in [0, 0.05) is 31.7 Å². The number of rotatable bonds is 0. The molecule has 3 nitrogen and oxygen atoms in total. The molecule has 4 rings (SSSR count). The Kier molecular flexibility index (Phi) is 1.13. The van der Waals surface area contributed by atoms with Crippen LogP contribution in [0.5, 0.6) is 0 Å². The predicted molar refractivity (Wildman–Crippen MR) is 41.9 cm³/mol. The van der Waals surface area contributed by atoms with Gasteiger partial charge in [0.1, 0.15) is 0 Å². The molecule has 0 amide bonds. The van der Waals surface area contributed by atoms with Crippen LogP contribution in [0.3, 0.4) is 0 Å². The second kappa shape index (κ2) is 1.92. The topological polar surface area (TPSA) is 18.5 Å². The Morgan fingerprint density at radius 1 is 1.20 bits per heavy atom. The van der Waals surface area contributed by atoms with Crippen molar-refractivity contribution in [3.8, 4) is 0 Å². The number of hydrogen-bond acceptors (Lipinski definition) is 3. The van der Waals surface area contributed by atoms with E-state index in [1.807, 2.05) is 0 Å². The van der Waals surface area contributed by atoms with Crippen molar-refractivity contribution < 1.29 is 0 Å². The average molecular weight is 157 g/mol. The summed E-state index contributed by atoms with van der Waals surface area (Å²) < 4.78 is 0. The molecule has 4 saturated heterocycles. The van der Waals surface area contributed by atoms with E-state index in [1.54, 1.807) is 0 Å². The minimum atomic E-state index is 0.190. The number of hydrogen-bond donors (Lipinski definition) is 1. The van der Waals surface area contributed by atoms with E-state index in [-0.39, 0.29) is 8.07 Å². The highest BCUT2D eigenvalue weighted by Crippen LogP contribution is 2.43. The van der Waals surface area contributed by atoms with Crippen molar-refractivity contribution in [2.45, 2.75) is 6.04 Å². The van der Waals surface area contributed by atoms with Crippen LogP contribution in [0.2, 0.25) is 0 Å². The predicted octanol–water partition coefficient (Wildman–Crippen LogP) is -0.141. The molecule has 0 spiro atoms. The highest BCUT2D eigenvalue weighted by molar-refractivity contribution is 7.55. The van der Waals surface area contributed by atoms with Crippen molar-refractivity contribution in [1.29, 1.82) is 0 Å². The van der Waals surface area contributed by atoms with Gasteiger partial charge >= 0.3 is 0 Å². The maximum atomic E-state index is 3.70. The Morgan fingerprint density at radius 3 is 2.40 bits per heavy atom. The number of nitrogens with zero attached hydrogens (tertiary/aromatic N) is 2. The molecule has 56 valence electrons. The molecule has 1 N–H and O–H groups in total. The van der Waals surface area contributed by atoms with Crippen molar-refractivity contribution in [2.24, 2.45) is 0 Å². The van der Waals surface area contributed by atoms with Crippen LogP contribution in [0.1, 0.15) is 0 Å². The summed E-state index contributed by atoms with van der Waals surface area (Å²) in [4.78, 5) is 5.17. The molecule has 4 bridgehead atoms. The summed E-state index contributed by atoms with van der Waals surface area (Å²) in [5.74, 6) is 0. The van der Waals surface area contributed by atoms with Gasteiger partial charge in [-0.1, -0.05) is 0 Å². The minimum Gasteiger partial charge on any atom is -0.288 e. The standard InChI is InChI=1S/C6H12N3P/c1-6-2-9-3-8(1)4-10(5-9)7-6/h6-7H,1-5H2. The van der Waals surface area contributed by atoms with E-state index in [4.69, 9.17) is 0 Å². The van der Waals surface area contributed by atoms with E-state index < -0.39 is 0 Å². The molecule has 0 aromatic heterocycles. The largest absolute Gasteiger partial charge is 0.288 e. The Hall–Kier alpha value is 0.310. The maximum absolute atomic E-state index is 3.70. The average Bonchev–Trinajstić information content (AvgIpc) is 1.82. The molecule has 4 aliphatic rings. The van der Waals surface area contributed by atoms with Gasteiger partial charge < -0.3 is 0 Å². The first-order valence-electron chi connectivity index (χ1n) is 3.86. The van der Waals surface area contributed by atoms with Gasteiger partial charge in [-0.15, -0.1) is 0 Å². The lowest BCUT2D eigenvalue weighted by atomic mass is 10.2. The second-order valence-electron chi connectivity index (χ2n) is 3.50. The third-order valence-corrected chi connectivity index (χ3v) is 4.68. The van der Waals surface area contributed by atoms with Crippen molar-refractivity contribution in [3.63, 3.8) is 0 Å². The van der Waals surface area contributed by atoms with E-state index in [0.717, 1.165) is 6.04 Å². The smallest absolute Gasteiger partial charge is 0.0515 e. The summed E-state index contributed by atoms with van der Waals surface area (Å²) in [6.45, 7) is 3.85. The van der Waals surface area contributed by atoms with Crippen LogP contribution in [0, 0.1) is 0 Å². The van der Waals surface area contributed by atoms with Crippen LogP contribution in [-0.2, 0) is 0 Å². The molecule has 0 saturated carbocycles. The second-order valence-corrected chi connectivity index (χ2v) is 5.40. The van der Waals surface area contributed by atoms with Crippen LogP contribution in [0.15, 0.2) is 0 Å². The zero-order valence-electron chi connectivity index (χ0n) is 5.95. The first-order chi connectivity index (χ1) is 4.90. The Bertz CT molecular complexity index is 105. The van der Waals surface area contributed by atoms with E-state index in [2.05, 4.69) is 14.9 Å². The van der Waals surface area contributed by atoms with Crippen molar-refractivity contribution in [2.75, 3.05) is 32.3 Å². The Balaban J connectivity index is 1.90. The van der Waals surface area contributed by atoms with Gasteiger partial charge in [0.2, 0.25) is 0 Å². The van der Waals surface area contributed by atoms with E-state index >= 15 is 0 Å². The third kappa shape index (κ3) is 0.751. The summed E-state index contributed by atoms with van der Waals surface area (Å²) in [5.41, 5.74) is 0. The van der Waals surface area contributed by atoms with E-state index in [0.29, 0.717) is 0 Å². The van der Waals surface area contributed by atoms with Crippen LogP contribution in [-0.4, -0.2) is 48.2 Å². The van der Waals surface area contributed by atoms with Crippen molar-refractivity contribution in [3.05, 3.63) is 0 Å². The lowest BCUT2D eigenvalue weighted by Crippen LogP contribution is -2.64. The van der Waals surface area contributed by atoms with Gasteiger partial charge in [-0.25, -0.2) is 0 Å². The molecule has 0 aromatic carbocycles. The minimum absolute atomic E-state index is 0.190. The Morgan fingerprint density at radius 2 is 1.90 bits per heavy atom. The summed E-state index contributed by atoms with van der Waals surface area (Å²) in [7, 11) is 0.190. The van der Waals surface area contributed by atoms with Gasteiger partial charge in [-0.3, -0.25) is 14.9 Å². The first kappa shape index (κ1) is 5.90. The molecule has 10 heavy (non-hydrogen) atoms. The molecule has 0 aliphatic carbocycles. The van der Waals surface area contributed by atoms with Crippen LogP contribution >= 0.6 is 8.07 Å². The SMILES string of the molecule is C1C2CN3CN1CP(C3)N2. The molecule has 4 aliphatic heterocycles. The summed E-state index contributed by atoms with van der Waals surface area (Å²) in [5, 5.41) is 3.70. The van der Waals surface area contributed by atoms with Crippen LogP contribution in [0.4, 0.5) is 0 Å². The van der Waals surface area contributed by atoms with Gasteiger partial charge in [0.25, 0.3) is 0 Å². The molecular formula is C6H12N3P. The normalized spacial score (nSPS) is 57.6. The highest BCUT2D eigenvalue weighted by atomic mass is 31.1. The Labute approximate surface area is 62.2 Å². The fourth-order valence-corrected chi connectivity index (χ4v) is 4.54. The lowest BCUT2D eigenvalue weighted by Gasteiger charge is -2.53. The van der Waals surface area contributed by atoms with E-state index in [9.17, 15) is 0 Å². The summed E-state index contributed by atoms with van der Waals surface area (Å²) in [6.07, 6.45) is 2.70. The van der Waals surface area contributed by atoms with Crippen molar-refractivity contribution in [1.82, 2.24) is 14.9 Å². The zero-order valence-corrected chi connectivity index (χ0v) is 6.85. The molecule has 4 fully saturated rings. The molecule has 0 radical (unpaired) electrons. The zero-order chi connectivity index (χ0) is 6.55. The molecule has 2 atom stereocenters. The molecule has 2 unspecified atom stereocenters. The maximum Gasteiger partial charge on any atom is 0.0515 e. The molecule has 4 heterocycles. The van der Waals surface area contributed by atoms with Gasteiger partial charge in [0.05, 0.1) is 6.67 Å². The van der Waals surface area contributed by atoms with Gasteiger partial charge in [-0.2, -0.15) is 0 Å². The van der Waals surface area contributed by atoms with Crippen molar-refractivity contribution >= 4 is 8.07 Å². The quantitative estimate of drug-likeness (QED) is 0.494. The van der Waals surface area contributed by atoms with E-state index in [1.165, 1.54) is 32.3 Å². The van der Waals surface area contributed by atoms with Crippen LogP contribution in [0.25, 0.3) is 0 Å². The molecule has 0 aromatic rings. The third-order valence-electron chi connectivity index (χ3n) is 2.46. The number of nitrogens with one attached hydrogen (secondary N) is 1. The fourth-order valence-electron chi connectivity index (χ4n) is 2.23. The lowest BCUT2D eigenvalue weighted by molar-refractivity contribution is 0.0690. The fraction of sp³-hybridized carbons (Fsp3) is 1.00. The summed E-state index contributed by atoms with van der Waals surface area (Å²) in [6, 6.07) is 0.808. The van der Waals surface area contributed by atoms with Gasteiger partial charge in [-0.05, 0) is 8.07 Å². The van der Waals surface area contributed by atoms with Crippen LogP contribution < -0.4 is 5.09 Å². The summed E-state index contributed by atoms with van der Waals surface area (Å²) >= 11 is 0. The monoisotopic (exact) mass is 157 g/mol. The van der Waals surface area contributed by atoms with Gasteiger partial charge in [0.15, 0.2) is 0 Å². The highest BCUT2D eigenvalue weighted by Gasteiger charge is 2.38. The molecule has 4 heteroatoms. The molecular weight excluding hydrogens is 145 g/mol.